The van der Waals surface area contributed by atoms with Crippen LogP contribution in [0.2, 0.25) is 5.02 Å². The van der Waals surface area contributed by atoms with Crippen molar-refractivity contribution in [3.05, 3.63) is 59.3 Å². The summed E-state index contributed by atoms with van der Waals surface area (Å²) in [6.45, 7) is 2.32. The Hall–Kier alpha value is -2.84. The van der Waals surface area contributed by atoms with Crippen LogP contribution < -0.4 is 4.74 Å². The molecule has 1 atom stereocenters. The fraction of sp³-hybridized carbons (Fsp3) is 0.481. The van der Waals surface area contributed by atoms with Gasteiger partial charge in [0.25, 0.3) is 0 Å². The molecule has 192 valence electrons. The van der Waals surface area contributed by atoms with Crippen LogP contribution in [0.15, 0.2) is 43.0 Å². The summed E-state index contributed by atoms with van der Waals surface area (Å²) in [6.07, 6.45) is 9.49. The predicted octanol–water partition coefficient (Wildman–Crippen LogP) is 5.67. The number of hydrogen-bond acceptors (Lipinski definition) is 6. The first-order chi connectivity index (χ1) is 17.4. The lowest BCUT2D eigenvalue weighted by Gasteiger charge is -2.39. The maximum Gasteiger partial charge on any atom is 0.309 e. The number of methoxy groups -OCH3 is 1. The number of carboxylic acid groups (broad SMARTS) is 1. The van der Waals surface area contributed by atoms with E-state index >= 15 is 4.39 Å². The number of pyridine rings is 1. The summed E-state index contributed by atoms with van der Waals surface area (Å²) < 4.78 is 20.9. The number of carbonyl (C=O) groups is 1. The predicted molar refractivity (Wildman–Crippen MR) is 137 cm³/mol. The molecule has 4 rings (SSSR count). The van der Waals surface area contributed by atoms with E-state index < -0.39 is 17.6 Å². The van der Waals surface area contributed by atoms with E-state index in [0.717, 1.165) is 31.5 Å². The number of piperidine rings is 1. The molecule has 1 fully saturated rings. The van der Waals surface area contributed by atoms with Gasteiger partial charge in [-0.1, -0.05) is 11.6 Å². The summed E-state index contributed by atoms with van der Waals surface area (Å²) in [5, 5.41) is 10.9. The van der Waals surface area contributed by atoms with Gasteiger partial charge in [-0.05, 0) is 82.8 Å². The number of aryl methyl sites for hydroxylation is 1. The number of unbranched alkanes of at least 4 members (excludes halogenated alkanes) is 1. The van der Waals surface area contributed by atoms with E-state index in [9.17, 15) is 9.90 Å². The summed E-state index contributed by atoms with van der Waals surface area (Å²) in [5.41, 5.74) is 1.04. The molecular formula is C27H32ClFN4O3. The molecule has 1 N–H and O–H groups in total. The van der Waals surface area contributed by atoms with Crippen LogP contribution in [0.4, 0.5) is 4.39 Å². The molecule has 0 spiro atoms. The van der Waals surface area contributed by atoms with Crippen molar-refractivity contribution in [2.75, 3.05) is 26.7 Å². The molecule has 0 bridgehead atoms. The SMILES string of the molecule is COc1ccc2ncc(Cl)c(C(F)CCC3(C(=O)O)CCN(CCCCc4cnccn4)CC3)c2c1. The molecule has 0 amide bonds. The monoisotopic (exact) mass is 514 g/mol. The molecule has 7 nitrogen and oxygen atoms in total. The number of rotatable bonds is 11. The van der Waals surface area contributed by atoms with E-state index in [1.54, 1.807) is 43.9 Å². The van der Waals surface area contributed by atoms with Gasteiger partial charge in [0.15, 0.2) is 0 Å². The van der Waals surface area contributed by atoms with Crippen LogP contribution in [-0.2, 0) is 11.2 Å². The second-order valence-corrected chi connectivity index (χ2v) is 9.90. The maximum atomic E-state index is 15.6. The Bertz CT molecular complexity index is 1170. The minimum absolute atomic E-state index is 0.0838. The minimum atomic E-state index is -1.40. The molecule has 36 heavy (non-hydrogen) atoms. The first-order valence-corrected chi connectivity index (χ1v) is 12.8. The highest BCUT2D eigenvalue weighted by Gasteiger charge is 2.41. The average Bonchev–Trinajstić information content (AvgIpc) is 2.90. The van der Waals surface area contributed by atoms with Crippen molar-refractivity contribution in [1.29, 1.82) is 0 Å². The zero-order valence-electron chi connectivity index (χ0n) is 20.5. The van der Waals surface area contributed by atoms with Crippen molar-refractivity contribution < 1.29 is 19.0 Å². The Balaban J connectivity index is 1.34. The molecule has 3 heterocycles. The fourth-order valence-electron chi connectivity index (χ4n) is 5.04. The van der Waals surface area contributed by atoms with Crippen LogP contribution in [0.3, 0.4) is 0 Å². The smallest absolute Gasteiger partial charge is 0.309 e. The Morgan fingerprint density at radius 1 is 1.22 bits per heavy atom. The Kier molecular flexibility index (Phi) is 8.69. The fourth-order valence-corrected chi connectivity index (χ4v) is 5.31. The number of halogens is 2. The van der Waals surface area contributed by atoms with Gasteiger partial charge in [0.2, 0.25) is 0 Å². The van der Waals surface area contributed by atoms with Crippen LogP contribution >= 0.6 is 11.6 Å². The van der Waals surface area contributed by atoms with E-state index in [-0.39, 0.29) is 17.9 Å². The number of carboxylic acids is 1. The molecule has 1 aliphatic heterocycles. The lowest BCUT2D eigenvalue weighted by atomic mass is 9.74. The highest BCUT2D eigenvalue weighted by atomic mass is 35.5. The molecule has 1 aromatic carbocycles. The molecular weight excluding hydrogens is 483 g/mol. The van der Waals surface area contributed by atoms with E-state index in [4.69, 9.17) is 16.3 Å². The van der Waals surface area contributed by atoms with Crippen LogP contribution in [0.1, 0.15) is 56.0 Å². The summed E-state index contributed by atoms with van der Waals surface area (Å²) in [6, 6.07) is 5.26. The molecule has 1 unspecified atom stereocenters. The molecule has 2 aromatic heterocycles. The molecule has 1 aliphatic rings. The number of alkyl halides is 1. The largest absolute Gasteiger partial charge is 0.497 e. The quantitative estimate of drug-likeness (QED) is 0.330. The lowest BCUT2D eigenvalue weighted by Crippen LogP contribution is -2.44. The molecule has 0 radical (unpaired) electrons. The topological polar surface area (TPSA) is 88.4 Å². The van der Waals surface area contributed by atoms with E-state index in [0.29, 0.717) is 48.1 Å². The molecule has 9 heteroatoms. The molecule has 0 aliphatic carbocycles. The van der Waals surface area contributed by atoms with E-state index in [1.165, 1.54) is 6.20 Å². The van der Waals surface area contributed by atoms with Gasteiger partial charge in [0.1, 0.15) is 11.9 Å². The number of ether oxygens (including phenoxy) is 1. The lowest BCUT2D eigenvalue weighted by molar-refractivity contribution is -0.153. The van der Waals surface area contributed by atoms with Crippen molar-refractivity contribution in [3.63, 3.8) is 0 Å². The Morgan fingerprint density at radius 2 is 2.03 bits per heavy atom. The number of aromatic nitrogens is 3. The average molecular weight is 515 g/mol. The highest BCUT2D eigenvalue weighted by Crippen LogP contribution is 2.42. The maximum absolute atomic E-state index is 15.6. The van der Waals surface area contributed by atoms with Gasteiger partial charge >= 0.3 is 5.97 Å². The van der Waals surface area contributed by atoms with Crippen molar-refractivity contribution in [2.45, 2.75) is 51.1 Å². The standard InChI is InChI=1S/C27H32ClFN4O3/c1-36-20-5-6-24-21(16-20)25(22(28)18-32-24)23(29)7-8-27(26(34)35)9-14-33(15-10-27)13-3-2-4-19-17-30-11-12-31-19/h5-6,11-12,16-18,23H,2-4,7-10,13-15H2,1H3,(H,34,35). The van der Waals surface area contributed by atoms with Gasteiger partial charge in [0.05, 0.1) is 28.8 Å². The third kappa shape index (κ3) is 6.10. The summed E-state index contributed by atoms with van der Waals surface area (Å²) in [7, 11) is 1.55. The van der Waals surface area contributed by atoms with Crippen molar-refractivity contribution in [3.8, 4) is 5.75 Å². The Labute approximate surface area is 215 Å². The van der Waals surface area contributed by atoms with Gasteiger partial charge in [-0.3, -0.25) is 19.7 Å². The Morgan fingerprint density at radius 3 is 2.72 bits per heavy atom. The highest BCUT2D eigenvalue weighted by molar-refractivity contribution is 6.32. The summed E-state index contributed by atoms with van der Waals surface area (Å²) in [4.78, 5) is 27.3. The van der Waals surface area contributed by atoms with Gasteiger partial charge in [0, 0.05) is 35.7 Å². The van der Waals surface area contributed by atoms with Crippen molar-refractivity contribution in [1.82, 2.24) is 19.9 Å². The van der Waals surface area contributed by atoms with Gasteiger partial charge < -0.3 is 14.7 Å². The molecule has 3 aromatic rings. The number of fused-ring (bicyclic) bond motifs is 1. The van der Waals surface area contributed by atoms with Crippen LogP contribution in [0, 0.1) is 5.41 Å². The van der Waals surface area contributed by atoms with Gasteiger partial charge in [-0.15, -0.1) is 0 Å². The zero-order chi connectivity index (χ0) is 25.5. The molecule has 0 saturated carbocycles. The number of aliphatic carboxylic acids is 1. The second kappa shape index (κ2) is 11.9. The van der Waals surface area contributed by atoms with Crippen LogP contribution in [0.5, 0.6) is 5.75 Å². The molecule has 1 saturated heterocycles. The van der Waals surface area contributed by atoms with Crippen molar-refractivity contribution in [2.24, 2.45) is 5.41 Å². The number of hydrogen-bond donors (Lipinski definition) is 1. The zero-order valence-corrected chi connectivity index (χ0v) is 21.3. The third-order valence-electron chi connectivity index (χ3n) is 7.30. The van der Waals surface area contributed by atoms with E-state index in [1.807, 2.05) is 0 Å². The van der Waals surface area contributed by atoms with Gasteiger partial charge in [-0.2, -0.15) is 0 Å². The summed E-state index contributed by atoms with van der Waals surface area (Å²) >= 11 is 6.36. The first-order valence-electron chi connectivity index (χ1n) is 12.4. The first kappa shape index (κ1) is 26.2. The number of benzene rings is 1. The van der Waals surface area contributed by atoms with Crippen molar-refractivity contribution >= 4 is 28.5 Å². The minimum Gasteiger partial charge on any atom is -0.497 e. The number of likely N-dealkylation sites (tertiary alicyclic amines) is 1. The normalized spacial score (nSPS) is 16.6. The van der Waals surface area contributed by atoms with E-state index in [2.05, 4.69) is 19.9 Å². The van der Waals surface area contributed by atoms with Crippen LogP contribution in [0.25, 0.3) is 10.9 Å². The third-order valence-corrected chi connectivity index (χ3v) is 7.60. The number of nitrogens with zero attached hydrogens (tertiary/aromatic N) is 4. The summed E-state index contributed by atoms with van der Waals surface area (Å²) in [5.74, 6) is -0.254. The van der Waals surface area contributed by atoms with Crippen LogP contribution in [-0.4, -0.2) is 57.7 Å². The van der Waals surface area contributed by atoms with Gasteiger partial charge in [-0.25, -0.2) is 4.39 Å². The second-order valence-electron chi connectivity index (χ2n) is 9.49.